The fraction of sp³-hybridized carbons (Fsp3) is 0.500. The highest BCUT2D eigenvalue weighted by Crippen LogP contribution is 2.27. The van der Waals surface area contributed by atoms with Crippen molar-refractivity contribution >= 4 is 17.3 Å². The number of methoxy groups -OCH3 is 1. The molecular weight excluding hydrogens is 358 g/mol. The number of thiophene rings is 1. The second-order valence-corrected chi connectivity index (χ2v) is 7.50. The van der Waals surface area contributed by atoms with Gasteiger partial charge in [0, 0.05) is 29.7 Å². The van der Waals surface area contributed by atoms with E-state index in [0.29, 0.717) is 18.5 Å². The van der Waals surface area contributed by atoms with E-state index >= 15 is 0 Å². The van der Waals surface area contributed by atoms with Gasteiger partial charge in [-0.05, 0) is 50.4 Å². The molecule has 1 aliphatic heterocycles. The minimum atomic E-state index is 0.393. The van der Waals surface area contributed by atoms with Crippen LogP contribution >= 0.6 is 11.3 Å². The van der Waals surface area contributed by atoms with Crippen LogP contribution in [-0.4, -0.2) is 49.1 Å². The highest BCUT2D eigenvalue weighted by molar-refractivity contribution is 7.10. The van der Waals surface area contributed by atoms with Gasteiger partial charge >= 0.3 is 0 Å². The number of guanidine groups is 1. The minimum Gasteiger partial charge on any atom is -0.481 e. The number of likely N-dealkylation sites (tertiary alicyclic amines) is 1. The number of aliphatic imine (C=N–C) groups is 1. The molecule has 1 saturated heterocycles. The van der Waals surface area contributed by atoms with Crippen LogP contribution < -0.4 is 15.4 Å². The van der Waals surface area contributed by atoms with Crippen LogP contribution in [0.5, 0.6) is 5.88 Å². The van der Waals surface area contributed by atoms with E-state index in [9.17, 15) is 0 Å². The maximum atomic E-state index is 5.33. The summed E-state index contributed by atoms with van der Waals surface area (Å²) in [5.41, 5.74) is 0.978. The van der Waals surface area contributed by atoms with Gasteiger partial charge in [-0.1, -0.05) is 12.1 Å². The van der Waals surface area contributed by atoms with Crippen molar-refractivity contribution in [2.75, 3.05) is 33.3 Å². The normalized spacial score (nSPS) is 16.3. The zero-order valence-corrected chi connectivity index (χ0v) is 17.0. The van der Waals surface area contributed by atoms with E-state index in [1.165, 1.54) is 30.8 Å². The van der Waals surface area contributed by atoms with Crippen molar-refractivity contribution < 1.29 is 4.74 Å². The molecule has 0 bridgehead atoms. The molecule has 146 valence electrons. The summed E-state index contributed by atoms with van der Waals surface area (Å²) in [6, 6.07) is 8.67. The molecule has 1 fully saturated rings. The number of pyridine rings is 1. The number of hydrogen-bond donors (Lipinski definition) is 2. The Bertz CT molecular complexity index is 713. The van der Waals surface area contributed by atoms with Crippen LogP contribution in [0.1, 0.15) is 36.2 Å². The van der Waals surface area contributed by atoms with Crippen molar-refractivity contribution in [3.05, 3.63) is 46.3 Å². The van der Waals surface area contributed by atoms with Crippen LogP contribution in [0.15, 0.2) is 40.8 Å². The van der Waals surface area contributed by atoms with Crippen LogP contribution in [0.4, 0.5) is 0 Å². The summed E-state index contributed by atoms with van der Waals surface area (Å²) < 4.78 is 5.33. The molecule has 0 spiro atoms. The number of aromatic nitrogens is 1. The molecule has 0 radical (unpaired) electrons. The van der Waals surface area contributed by atoms with E-state index in [1.54, 1.807) is 13.3 Å². The Morgan fingerprint density at radius 2 is 2.15 bits per heavy atom. The van der Waals surface area contributed by atoms with E-state index in [-0.39, 0.29) is 0 Å². The van der Waals surface area contributed by atoms with Crippen LogP contribution in [0.2, 0.25) is 0 Å². The lowest BCUT2D eigenvalue weighted by Gasteiger charge is -2.27. The van der Waals surface area contributed by atoms with Gasteiger partial charge in [-0.15, -0.1) is 11.3 Å². The van der Waals surface area contributed by atoms with Crippen molar-refractivity contribution in [3.8, 4) is 5.88 Å². The molecule has 0 saturated carbocycles. The van der Waals surface area contributed by atoms with Gasteiger partial charge in [-0.3, -0.25) is 4.90 Å². The summed E-state index contributed by atoms with van der Waals surface area (Å²) in [6.45, 7) is 6.62. The molecule has 0 amide bonds. The van der Waals surface area contributed by atoms with E-state index in [1.807, 2.05) is 23.5 Å². The summed E-state index contributed by atoms with van der Waals surface area (Å²) in [7, 11) is 1.64. The predicted octanol–water partition coefficient (Wildman–Crippen LogP) is 3.04. The monoisotopic (exact) mass is 387 g/mol. The molecule has 1 unspecified atom stereocenters. The fourth-order valence-corrected chi connectivity index (χ4v) is 4.23. The molecular formula is C20H29N5OS. The maximum Gasteiger partial charge on any atom is 0.218 e. The SMILES string of the molecule is CCNC(=NCc1cccnc1OC)NCC(c1cccs1)N1CCCC1. The topological polar surface area (TPSA) is 61.8 Å². The number of hydrogen-bond acceptors (Lipinski definition) is 5. The summed E-state index contributed by atoms with van der Waals surface area (Å²) in [5, 5.41) is 9.04. The Kier molecular flexibility index (Phi) is 7.47. The van der Waals surface area contributed by atoms with Gasteiger partial charge in [-0.2, -0.15) is 0 Å². The molecule has 3 heterocycles. The third-order valence-corrected chi connectivity index (χ3v) is 5.68. The highest BCUT2D eigenvalue weighted by Gasteiger charge is 2.24. The van der Waals surface area contributed by atoms with Crippen LogP contribution in [0.3, 0.4) is 0 Å². The Morgan fingerprint density at radius 1 is 1.30 bits per heavy atom. The molecule has 3 rings (SSSR count). The van der Waals surface area contributed by atoms with Crippen LogP contribution in [0.25, 0.3) is 0 Å². The lowest BCUT2D eigenvalue weighted by molar-refractivity contribution is 0.249. The average molecular weight is 388 g/mol. The first-order valence-corrected chi connectivity index (χ1v) is 10.5. The molecule has 2 aromatic rings. The number of nitrogens with one attached hydrogen (secondary N) is 2. The quantitative estimate of drug-likeness (QED) is 0.538. The Balaban J connectivity index is 1.67. The predicted molar refractivity (Wildman–Crippen MR) is 111 cm³/mol. The maximum absolute atomic E-state index is 5.33. The van der Waals surface area contributed by atoms with Gasteiger partial charge < -0.3 is 15.4 Å². The van der Waals surface area contributed by atoms with Crippen LogP contribution in [-0.2, 0) is 6.54 Å². The number of rotatable bonds is 8. The summed E-state index contributed by atoms with van der Waals surface area (Å²) in [4.78, 5) is 13.0. The van der Waals surface area contributed by atoms with Gasteiger partial charge in [0.05, 0.1) is 19.7 Å². The molecule has 1 atom stereocenters. The lowest BCUT2D eigenvalue weighted by atomic mass is 10.2. The molecule has 2 N–H and O–H groups in total. The second-order valence-electron chi connectivity index (χ2n) is 6.52. The van der Waals surface area contributed by atoms with E-state index in [4.69, 9.17) is 9.73 Å². The average Bonchev–Trinajstić information content (AvgIpc) is 3.41. The fourth-order valence-electron chi connectivity index (χ4n) is 3.37. The zero-order chi connectivity index (χ0) is 18.9. The first-order valence-electron chi connectivity index (χ1n) is 9.59. The van der Waals surface area contributed by atoms with Gasteiger partial charge in [-0.25, -0.2) is 9.98 Å². The van der Waals surface area contributed by atoms with E-state index in [0.717, 1.165) is 24.6 Å². The van der Waals surface area contributed by atoms with Gasteiger partial charge in [0.15, 0.2) is 5.96 Å². The largest absolute Gasteiger partial charge is 0.481 e. The highest BCUT2D eigenvalue weighted by atomic mass is 32.1. The van der Waals surface area contributed by atoms with Crippen LogP contribution in [0, 0.1) is 0 Å². The third kappa shape index (κ3) is 5.43. The van der Waals surface area contributed by atoms with Gasteiger partial charge in [0.25, 0.3) is 0 Å². The molecule has 0 aliphatic carbocycles. The summed E-state index contributed by atoms with van der Waals surface area (Å²) in [5.74, 6) is 1.45. The molecule has 6 nitrogen and oxygen atoms in total. The lowest BCUT2D eigenvalue weighted by Crippen LogP contribution is -2.42. The summed E-state index contributed by atoms with van der Waals surface area (Å²) >= 11 is 1.83. The smallest absolute Gasteiger partial charge is 0.218 e. The Morgan fingerprint density at radius 3 is 2.85 bits per heavy atom. The van der Waals surface area contributed by atoms with Gasteiger partial charge in [0.2, 0.25) is 5.88 Å². The third-order valence-electron chi connectivity index (χ3n) is 4.71. The van der Waals surface area contributed by atoms with Crippen molar-refractivity contribution in [2.24, 2.45) is 4.99 Å². The number of nitrogens with zero attached hydrogens (tertiary/aromatic N) is 3. The zero-order valence-electron chi connectivity index (χ0n) is 16.1. The number of ether oxygens (including phenoxy) is 1. The second kappa shape index (κ2) is 10.3. The van der Waals surface area contributed by atoms with E-state index in [2.05, 4.69) is 45.0 Å². The van der Waals surface area contributed by atoms with Crippen molar-refractivity contribution in [1.82, 2.24) is 20.5 Å². The minimum absolute atomic E-state index is 0.393. The molecule has 27 heavy (non-hydrogen) atoms. The van der Waals surface area contributed by atoms with Crippen molar-refractivity contribution in [2.45, 2.75) is 32.4 Å². The van der Waals surface area contributed by atoms with E-state index < -0.39 is 0 Å². The molecule has 7 heteroatoms. The summed E-state index contributed by atoms with van der Waals surface area (Å²) in [6.07, 6.45) is 4.31. The molecule has 2 aromatic heterocycles. The first-order chi connectivity index (χ1) is 13.3. The van der Waals surface area contributed by atoms with Gasteiger partial charge in [0.1, 0.15) is 0 Å². The Labute approximate surface area is 165 Å². The standard InChI is InChI=1S/C20H29N5OS/c1-3-21-20(23-14-16-8-6-10-22-19(16)26-2)24-15-17(18-9-7-13-27-18)25-11-4-5-12-25/h6-10,13,17H,3-5,11-12,14-15H2,1-2H3,(H2,21,23,24). The molecule has 0 aromatic carbocycles. The van der Waals surface area contributed by atoms with Crippen molar-refractivity contribution in [1.29, 1.82) is 0 Å². The molecule has 1 aliphatic rings. The van der Waals surface area contributed by atoms with Crippen molar-refractivity contribution in [3.63, 3.8) is 0 Å². The first kappa shape index (κ1) is 19.6. The Hall–Kier alpha value is -2.12.